The van der Waals surface area contributed by atoms with Crippen LogP contribution in [0.1, 0.15) is 28.0 Å². The quantitative estimate of drug-likeness (QED) is 0.889. The van der Waals surface area contributed by atoms with Crippen molar-refractivity contribution in [1.82, 2.24) is 9.88 Å². The predicted molar refractivity (Wildman–Crippen MR) is 92.5 cm³/mol. The molecule has 1 aromatic carbocycles. The Morgan fingerprint density at radius 1 is 1.08 bits per heavy atom. The van der Waals surface area contributed by atoms with E-state index >= 15 is 0 Å². The van der Waals surface area contributed by atoms with Gasteiger partial charge < -0.3 is 9.88 Å². The summed E-state index contributed by atoms with van der Waals surface area (Å²) < 4.78 is 38.7. The van der Waals surface area contributed by atoms with Crippen molar-refractivity contribution >= 4 is 11.5 Å². The number of hydrogen-bond acceptors (Lipinski definition) is 3. The van der Waals surface area contributed by atoms with Crippen LogP contribution < -0.4 is 4.90 Å². The number of halogens is 3. The van der Waals surface area contributed by atoms with Crippen LogP contribution in [0.4, 0.5) is 18.9 Å². The van der Waals surface area contributed by atoms with Crippen molar-refractivity contribution in [2.75, 3.05) is 31.1 Å². The first-order valence-corrected chi connectivity index (χ1v) is 8.80. The van der Waals surface area contributed by atoms with Crippen molar-refractivity contribution in [3.8, 4) is 0 Å². The van der Waals surface area contributed by atoms with Crippen molar-refractivity contribution < 1.29 is 18.0 Å². The Bertz CT molecular complexity index is 806. The van der Waals surface area contributed by atoms with E-state index in [9.17, 15) is 18.0 Å². The highest BCUT2D eigenvalue weighted by Gasteiger charge is 2.35. The molecule has 0 amide bonds. The summed E-state index contributed by atoms with van der Waals surface area (Å²) in [4.78, 5) is 19.9. The normalized spacial score (nSPS) is 21.7. The number of carbonyl (C=O) groups is 1. The summed E-state index contributed by atoms with van der Waals surface area (Å²) in [7, 11) is 0. The van der Waals surface area contributed by atoms with Gasteiger partial charge >= 0.3 is 6.18 Å². The third kappa shape index (κ3) is 3.11. The second-order valence-electron chi connectivity index (χ2n) is 6.86. The number of aromatic nitrogens is 1. The van der Waals surface area contributed by atoms with Crippen molar-refractivity contribution in [1.29, 1.82) is 0 Å². The maximum atomic E-state index is 12.9. The van der Waals surface area contributed by atoms with E-state index in [4.69, 9.17) is 0 Å². The Balaban J connectivity index is 1.43. The lowest BCUT2D eigenvalue weighted by atomic mass is 9.90. The molecule has 0 unspecified atom stereocenters. The molecule has 1 aliphatic heterocycles. The number of carbonyl (C=O) groups excluding carboxylic acids is 1. The first-order chi connectivity index (χ1) is 12.4. The molecular weight excluding hydrogens is 343 g/mol. The minimum Gasteiger partial charge on any atom is -0.369 e. The van der Waals surface area contributed by atoms with Crippen LogP contribution >= 0.6 is 0 Å². The summed E-state index contributed by atoms with van der Waals surface area (Å²) in [6.45, 7) is 2.58. The number of anilines is 1. The number of H-pyrrole nitrogens is 1. The van der Waals surface area contributed by atoms with Gasteiger partial charge in [0.2, 0.25) is 0 Å². The molecule has 1 N–H and O–H groups in total. The zero-order chi connectivity index (χ0) is 18.3. The molecule has 0 bridgehead atoms. The van der Waals surface area contributed by atoms with E-state index in [-0.39, 0.29) is 11.8 Å². The molecule has 4 rings (SSSR count). The van der Waals surface area contributed by atoms with Gasteiger partial charge in [0, 0.05) is 49.3 Å². The molecular formula is C19H20F3N3O. The van der Waals surface area contributed by atoms with Crippen molar-refractivity contribution in [2.45, 2.75) is 25.1 Å². The highest BCUT2D eigenvalue weighted by molar-refractivity contribution is 6.02. The molecule has 0 spiro atoms. The minimum atomic E-state index is -4.33. The van der Waals surface area contributed by atoms with E-state index in [1.807, 2.05) is 11.0 Å². The van der Waals surface area contributed by atoms with Gasteiger partial charge in [0.05, 0.1) is 11.6 Å². The van der Waals surface area contributed by atoms with E-state index in [0.717, 1.165) is 30.2 Å². The van der Waals surface area contributed by atoms with Crippen LogP contribution in [0.5, 0.6) is 0 Å². The number of piperazine rings is 1. The average molecular weight is 363 g/mol. The number of nitrogens with one attached hydrogen (secondary N) is 1. The summed E-state index contributed by atoms with van der Waals surface area (Å²) in [5.74, 6) is 0.153. The SMILES string of the molecule is O=C1c2cc[nH]c2CC[C@H]1N1CCN(c2cccc(C(F)(F)F)c2)CC1. The highest BCUT2D eigenvalue weighted by atomic mass is 19.4. The van der Waals surface area contributed by atoms with E-state index in [2.05, 4.69) is 9.88 Å². The van der Waals surface area contributed by atoms with Crippen LogP contribution in [0.2, 0.25) is 0 Å². The Kier molecular flexibility index (Phi) is 4.26. The van der Waals surface area contributed by atoms with Crippen molar-refractivity contribution in [3.05, 3.63) is 53.3 Å². The number of ketones is 1. The highest BCUT2D eigenvalue weighted by Crippen LogP contribution is 2.32. The summed E-state index contributed by atoms with van der Waals surface area (Å²) >= 11 is 0. The van der Waals surface area contributed by atoms with Gasteiger partial charge in [0.1, 0.15) is 0 Å². The Morgan fingerprint density at radius 3 is 2.58 bits per heavy atom. The molecule has 0 radical (unpaired) electrons. The molecule has 2 aliphatic rings. The predicted octanol–water partition coefficient (Wildman–Crippen LogP) is 3.35. The largest absolute Gasteiger partial charge is 0.416 e. The molecule has 1 saturated heterocycles. The lowest BCUT2D eigenvalue weighted by Crippen LogP contribution is -2.53. The fourth-order valence-corrected chi connectivity index (χ4v) is 3.95. The molecule has 1 aliphatic carbocycles. The lowest BCUT2D eigenvalue weighted by molar-refractivity contribution is -0.137. The number of benzene rings is 1. The standard InChI is InChI=1S/C19H20F3N3O/c20-19(21,22)13-2-1-3-14(12-13)24-8-10-25(11-9-24)17-5-4-16-15(18(17)26)6-7-23-16/h1-3,6-7,12,17,23H,4-5,8-11H2/t17-/m1/s1. The number of Topliss-reactive ketones (excluding diaryl/α,β-unsaturated/α-hetero) is 1. The second-order valence-corrected chi connectivity index (χ2v) is 6.86. The van der Waals surface area contributed by atoms with Gasteiger partial charge in [-0.05, 0) is 37.1 Å². The van der Waals surface area contributed by atoms with E-state index in [1.165, 1.54) is 12.1 Å². The monoisotopic (exact) mass is 363 g/mol. The van der Waals surface area contributed by atoms with Crippen molar-refractivity contribution in [3.63, 3.8) is 0 Å². The number of fused-ring (bicyclic) bond motifs is 1. The Labute approximate surface area is 149 Å². The molecule has 0 saturated carbocycles. The van der Waals surface area contributed by atoms with E-state index in [0.29, 0.717) is 31.9 Å². The molecule has 1 fully saturated rings. The first-order valence-electron chi connectivity index (χ1n) is 8.80. The molecule has 1 atom stereocenters. The van der Waals surface area contributed by atoms with Crippen LogP contribution in [-0.2, 0) is 12.6 Å². The van der Waals surface area contributed by atoms with E-state index in [1.54, 1.807) is 12.3 Å². The number of nitrogens with zero attached hydrogens (tertiary/aromatic N) is 2. The number of hydrogen-bond donors (Lipinski definition) is 1. The fourth-order valence-electron chi connectivity index (χ4n) is 3.95. The summed E-state index contributed by atoms with van der Waals surface area (Å²) in [6.07, 6.45) is -0.889. The third-order valence-electron chi connectivity index (χ3n) is 5.36. The van der Waals surface area contributed by atoms with Crippen LogP contribution in [0.3, 0.4) is 0 Å². The summed E-state index contributed by atoms with van der Waals surface area (Å²) in [5, 5.41) is 0. The molecule has 4 nitrogen and oxygen atoms in total. The zero-order valence-corrected chi connectivity index (χ0v) is 14.2. The molecule has 2 aromatic rings. The molecule has 26 heavy (non-hydrogen) atoms. The average Bonchev–Trinajstić information content (AvgIpc) is 3.11. The minimum absolute atomic E-state index is 0.123. The zero-order valence-electron chi connectivity index (χ0n) is 14.2. The fraction of sp³-hybridized carbons (Fsp3) is 0.421. The van der Waals surface area contributed by atoms with Gasteiger partial charge in [-0.1, -0.05) is 6.07 Å². The first kappa shape index (κ1) is 17.1. The summed E-state index contributed by atoms with van der Waals surface area (Å²) in [6, 6.07) is 7.16. The Hall–Kier alpha value is -2.28. The third-order valence-corrected chi connectivity index (χ3v) is 5.36. The number of alkyl halides is 3. The molecule has 7 heteroatoms. The lowest BCUT2D eigenvalue weighted by Gasteiger charge is -2.40. The van der Waals surface area contributed by atoms with Crippen LogP contribution in [0, 0.1) is 0 Å². The van der Waals surface area contributed by atoms with Gasteiger partial charge in [0.15, 0.2) is 5.78 Å². The second kappa shape index (κ2) is 6.46. The molecule has 1 aromatic heterocycles. The van der Waals surface area contributed by atoms with Gasteiger partial charge in [-0.3, -0.25) is 9.69 Å². The maximum absolute atomic E-state index is 12.9. The van der Waals surface area contributed by atoms with Gasteiger partial charge in [0.25, 0.3) is 0 Å². The van der Waals surface area contributed by atoms with Crippen molar-refractivity contribution in [2.24, 2.45) is 0 Å². The van der Waals surface area contributed by atoms with Gasteiger partial charge in [-0.25, -0.2) is 0 Å². The number of aryl methyl sites for hydroxylation is 1. The van der Waals surface area contributed by atoms with Gasteiger partial charge in [-0.15, -0.1) is 0 Å². The van der Waals surface area contributed by atoms with Gasteiger partial charge in [-0.2, -0.15) is 13.2 Å². The summed E-state index contributed by atoms with van der Waals surface area (Å²) in [5.41, 5.74) is 1.75. The van der Waals surface area contributed by atoms with E-state index < -0.39 is 11.7 Å². The molecule has 2 heterocycles. The van der Waals surface area contributed by atoms with Crippen LogP contribution in [0.25, 0.3) is 0 Å². The van der Waals surface area contributed by atoms with Crippen LogP contribution in [-0.4, -0.2) is 47.9 Å². The molecule has 138 valence electrons. The number of rotatable bonds is 2. The Morgan fingerprint density at radius 2 is 1.85 bits per heavy atom. The van der Waals surface area contributed by atoms with Crippen LogP contribution in [0.15, 0.2) is 36.5 Å². The number of aromatic amines is 1. The maximum Gasteiger partial charge on any atom is 0.416 e. The topological polar surface area (TPSA) is 39.3 Å². The smallest absolute Gasteiger partial charge is 0.369 e.